The number of hydrogen-bond acceptors (Lipinski definition) is 6. The Morgan fingerprint density at radius 1 is 0.837 bits per heavy atom. The normalized spacial score (nSPS) is 11.7. The summed E-state index contributed by atoms with van der Waals surface area (Å²) in [6.45, 7) is 4.13. The van der Waals surface area contributed by atoms with Crippen LogP contribution in [-0.4, -0.2) is 36.7 Å². The second kappa shape index (κ2) is 15.3. The van der Waals surface area contributed by atoms with Crippen molar-refractivity contribution >= 4 is 46.9 Å². The molecule has 43 heavy (non-hydrogen) atoms. The van der Waals surface area contributed by atoms with Crippen LogP contribution in [0.4, 0.5) is 11.4 Å². The zero-order chi connectivity index (χ0) is 30.6. The van der Waals surface area contributed by atoms with E-state index in [9.17, 15) is 14.4 Å². The summed E-state index contributed by atoms with van der Waals surface area (Å²) in [6.07, 6.45) is 1.59. The van der Waals surface area contributed by atoms with Crippen LogP contribution in [-0.2, 0) is 9.59 Å². The van der Waals surface area contributed by atoms with Crippen LogP contribution in [0, 0.1) is 0 Å². The van der Waals surface area contributed by atoms with Crippen LogP contribution in [0.5, 0.6) is 11.5 Å². The summed E-state index contributed by atoms with van der Waals surface area (Å²) in [4.78, 5) is 40.1. The van der Waals surface area contributed by atoms with Gasteiger partial charge in [-0.3, -0.25) is 14.4 Å². The summed E-state index contributed by atoms with van der Waals surface area (Å²) in [6, 6.07) is 30.2. The van der Waals surface area contributed by atoms with Crippen LogP contribution >= 0.6 is 11.8 Å². The molecule has 0 aromatic heterocycles. The van der Waals surface area contributed by atoms with Gasteiger partial charge in [-0.2, -0.15) is 0 Å². The molecule has 1 unspecified atom stereocenters. The van der Waals surface area contributed by atoms with Gasteiger partial charge in [0.05, 0.1) is 19.0 Å². The molecule has 9 heteroatoms. The maximum atomic E-state index is 13.5. The van der Waals surface area contributed by atoms with Gasteiger partial charge in [-0.25, -0.2) is 0 Å². The van der Waals surface area contributed by atoms with Crippen LogP contribution in [0.1, 0.15) is 29.8 Å². The van der Waals surface area contributed by atoms with Crippen LogP contribution in [0.15, 0.2) is 114 Å². The predicted molar refractivity (Wildman–Crippen MR) is 172 cm³/mol. The summed E-state index contributed by atoms with van der Waals surface area (Å²) < 4.78 is 10.9. The third-order valence-corrected chi connectivity index (χ3v) is 7.27. The molecule has 0 aliphatic heterocycles. The zero-order valence-electron chi connectivity index (χ0n) is 24.1. The highest BCUT2D eigenvalue weighted by atomic mass is 32.2. The second-order valence-electron chi connectivity index (χ2n) is 9.31. The van der Waals surface area contributed by atoms with Gasteiger partial charge in [0.2, 0.25) is 5.91 Å². The Kier molecular flexibility index (Phi) is 11.0. The molecule has 0 spiro atoms. The van der Waals surface area contributed by atoms with E-state index >= 15 is 0 Å². The molecule has 0 aliphatic carbocycles. The van der Waals surface area contributed by atoms with Crippen molar-refractivity contribution in [3.63, 3.8) is 0 Å². The molecule has 0 saturated carbocycles. The minimum atomic E-state index is -0.511. The van der Waals surface area contributed by atoms with E-state index in [-0.39, 0.29) is 11.6 Å². The molecular formula is C34H33N3O5S. The highest BCUT2D eigenvalue weighted by molar-refractivity contribution is 8.00. The first kappa shape index (κ1) is 30.9. The van der Waals surface area contributed by atoms with E-state index in [4.69, 9.17) is 9.47 Å². The van der Waals surface area contributed by atoms with E-state index in [1.54, 1.807) is 86.0 Å². The second-order valence-corrected chi connectivity index (χ2v) is 10.7. The fourth-order valence-corrected chi connectivity index (χ4v) is 4.93. The van der Waals surface area contributed by atoms with Crippen molar-refractivity contribution in [3.05, 3.63) is 120 Å². The Morgan fingerprint density at radius 2 is 1.56 bits per heavy atom. The first-order valence-corrected chi connectivity index (χ1v) is 14.6. The van der Waals surface area contributed by atoms with Gasteiger partial charge in [0.15, 0.2) is 0 Å². The van der Waals surface area contributed by atoms with Crippen molar-refractivity contribution in [1.29, 1.82) is 0 Å². The molecule has 3 N–H and O–H groups in total. The van der Waals surface area contributed by atoms with Gasteiger partial charge in [-0.15, -0.1) is 11.8 Å². The minimum Gasteiger partial charge on any atom is -0.497 e. The summed E-state index contributed by atoms with van der Waals surface area (Å²) in [7, 11) is 1.59. The van der Waals surface area contributed by atoms with E-state index in [0.717, 1.165) is 4.90 Å². The van der Waals surface area contributed by atoms with Gasteiger partial charge >= 0.3 is 0 Å². The maximum Gasteiger partial charge on any atom is 0.272 e. The summed E-state index contributed by atoms with van der Waals surface area (Å²) in [5, 5.41) is 8.11. The molecule has 4 rings (SSSR count). The van der Waals surface area contributed by atoms with Gasteiger partial charge in [0.1, 0.15) is 17.2 Å². The molecule has 3 amide bonds. The highest BCUT2D eigenvalue weighted by Crippen LogP contribution is 2.27. The monoisotopic (exact) mass is 595 g/mol. The van der Waals surface area contributed by atoms with Crippen LogP contribution < -0.4 is 25.4 Å². The summed E-state index contributed by atoms with van der Waals surface area (Å²) >= 11 is 1.36. The number of carbonyl (C=O) groups is 3. The average molecular weight is 596 g/mol. The predicted octanol–water partition coefficient (Wildman–Crippen LogP) is 6.62. The molecule has 220 valence electrons. The number of thioether (sulfide) groups is 1. The molecule has 0 aliphatic rings. The Labute approximate surface area is 255 Å². The number of carbonyl (C=O) groups excluding carboxylic acids is 3. The number of amides is 3. The topological polar surface area (TPSA) is 106 Å². The lowest BCUT2D eigenvalue weighted by Crippen LogP contribution is -2.30. The quantitative estimate of drug-likeness (QED) is 0.126. The third-order valence-electron chi connectivity index (χ3n) is 6.18. The van der Waals surface area contributed by atoms with Crippen molar-refractivity contribution in [2.75, 3.05) is 24.4 Å². The Bertz CT molecular complexity index is 1590. The van der Waals surface area contributed by atoms with Crippen LogP contribution in [0.25, 0.3) is 6.08 Å². The lowest BCUT2D eigenvalue weighted by atomic mass is 10.1. The van der Waals surface area contributed by atoms with Crippen LogP contribution in [0.2, 0.25) is 0 Å². The summed E-state index contributed by atoms with van der Waals surface area (Å²) in [5.74, 6) is 0.200. The van der Waals surface area contributed by atoms with E-state index in [2.05, 4.69) is 16.0 Å². The van der Waals surface area contributed by atoms with Crippen molar-refractivity contribution < 1.29 is 23.9 Å². The van der Waals surface area contributed by atoms with Gasteiger partial charge in [0.25, 0.3) is 11.8 Å². The Hall–Kier alpha value is -5.02. The molecule has 0 fully saturated rings. The Balaban J connectivity index is 1.50. The van der Waals surface area contributed by atoms with Gasteiger partial charge in [-0.1, -0.05) is 42.5 Å². The molecule has 0 radical (unpaired) electrons. The van der Waals surface area contributed by atoms with Crippen LogP contribution in [0.3, 0.4) is 0 Å². The number of para-hydroxylation sites is 1. The van der Waals surface area contributed by atoms with Crippen molar-refractivity contribution in [2.24, 2.45) is 0 Å². The number of anilines is 2. The first-order valence-electron chi connectivity index (χ1n) is 13.7. The molecule has 1 atom stereocenters. The van der Waals surface area contributed by atoms with Gasteiger partial charge in [0, 0.05) is 27.4 Å². The summed E-state index contributed by atoms with van der Waals surface area (Å²) in [5.41, 5.74) is 2.28. The highest BCUT2D eigenvalue weighted by Gasteiger charge is 2.18. The van der Waals surface area contributed by atoms with Gasteiger partial charge < -0.3 is 25.4 Å². The molecular weight excluding hydrogens is 562 g/mol. The van der Waals surface area contributed by atoms with Crippen molar-refractivity contribution in [2.45, 2.75) is 24.0 Å². The van der Waals surface area contributed by atoms with E-state index in [1.165, 1.54) is 11.8 Å². The van der Waals surface area contributed by atoms with Crippen molar-refractivity contribution in [1.82, 2.24) is 5.32 Å². The number of rotatable bonds is 12. The zero-order valence-corrected chi connectivity index (χ0v) is 24.9. The first-order chi connectivity index (χ1) is 20.9. The fraction of sp³-hybridized carbons (Fsp3) is 0.147. The molecule has 4 aromatic rings. The largest absolute Gasteiger partial charge is 0.497 e. The fourth-order valence-electron chi connectivity index (χ4n) is 4.01. The minimum absolute atomic E-state index is 0.0475. The number of benzene rings is 4. The number of hydrogen-bond donors (Lipinski definition) is 3. The average Bonchev–Trinajstić information content (AvgIpc) is 3.02. The molecule has 0 saturated heterocycles. The number of nitrogens with one attached hydrogen (secondary N) is 3. The molecule has 4 aromatic carbocycles. The van der Waals surface area contributed by atoms with E-state index < -0.39 is 17.1 Å². The SMILES string of the molecule is CCOc1ccccc1/C=C(/NC(=O)c1ccccc1)C(=O)Nc1cccc(SC(C)C(=O)Nc2ccc(OC)cc2)c1. The van der Waals surface area contributed by atoms with Crippen molar-refractivity contribution in [3.8, 4) is 11.5 Å². The lowest BCUT2D eigenvalue weighted by Gasteiger charge is -2.15. The molecule has 8 nitrogen and oxygen atoms in total. The lowest BCUT2D eigenvalue weighted by molar-refractivity contribution is -0.115. The number of methoxy groups -OCH3 is 1. The third kappa shape index (κ3) is 8.98. The number of ether oxygens (including phenoxy) is 2. The Morgan fingerprint density at radius 3 is 2.28 bits per heavy atom. The molecule has 0 heterocycles. The smallest absolute Gasteiger partial charge is 0.272 e. The molecule has 0 bridgehead atoms. The maximum absolute atomic E-state index is 13.5. The van der Waals surface area contributed by atoms with E-state index in [0.29, 0.717) is 40.6 Å². The van der Waals surface area contributed by atoms with E-state index in [1.807, 2.05) is 44.2 Å². The van der Waals surface area contributed by atoms with Gasteiger partial charge in [-0.05, 0) is 80.6 Å². The standard InChI is InChI=1S/C34H33N3O5S/c1-4-42-31-16-9-8-13-25(31)21-30(37-33(39)24-11-6-5-7-12-24)34(40)36-27-14-10-15-29(22-27)43-23(2)32(38)35-26-17-19-28(41-3)20-18-26/h5-23H,4H2,1-3H3,(H,35,38)(H,36,40)(H,37,39)/b30-21+.